The molecule has 2 amide bonds. The Balaban J connectivity index is 1.47. The standard InChI is InChI=1S/C31H38N6O5S/c1-5-41-23-13-9-8-12-22(23)33-29(39)27-20(3)32-30-34-31(43-6-2)35-37(30)28(27)21-14-15-24(25(18-21)40-4)42-19-26(38)36-16-10-7-11-17-36/h8-9,12-15,18,28H,5-7,10-11,16-17,19H2,1-4H3,(H,33,39)(H,32,34,35). The van der Waals surface area contributed by atoms with Gasteiger partial charge in [0.25, 0.3) is 11.8 Å². The van der Waals surface area contributed by atoms with Gasteiger partial charge in [0.2, 0.25) is 11.1 Å². The summed E-state index contributed by atoms with van der Waals surface area (Å²) in [5.74, 6) is 2.48. The van der Waals surface area contributed by atoms with Crippen molar-refractivity contribution < 1.29 is 23.8 Å². The van der Waals surface area contributed by atoms with Gasteiger partial charge in [-0.1, -0.05) is 36.9 Å². The first kappa shape index (κ1) is 30.3. The Morgan fingerprint density at radius 3 is 2.58 bits per heavy atom. The van der Waals surface area contributed by atoms with Crippen LogP contribution in [0.5, 0.6) is 17.2 Å². The highest BCUT2D eigenvalue weighted by molar-refractivity contribution is 7.99. The molecule has 3 aromatic rings. The third kappa shape index (κ3) is 6.74. The van der Waals surface area contributed by atoms with Gasteiger partial charge < -0.3 is 29.7 Å². The molecule has 1 fully saturated rings. The predicted molar refractivity (Wildman–Crippen MR) is 166 cm³/mol. The van der Waals surface area contributed by atoms with Gasteiger partial charge in [0.05, 0.1) is 25.0 Å². The summed E-state index contributed by atoms with van der Waals surface area (Å²) in [4.78, 5) is 33.2. The van der Waals surface area contributed by atoms with E-state index >= 15 is 0 Å². The number of piperidine rings is 1. The predicted octanol–water partition coefficient (Wildman–Crippen LogP) is 5.12. The SMILES string of the molecule is CCOc1ccccc1NC(=O)C1=C(C)Nc2nc(SCC)nn2C1c1ccc(OCC(=O)N2CCCCC2)c(OC)c1. The van der Waals surface area contributed by atoms with E-state index in [1.807, 2.05) is 56.0 Å². The van der Waals surface area contributed by atoms with Gasteiger partial charge in [-0.3, -0.25) is 9.59 Å². The second-order valence-corrected chi connectivity index (χ2v) is 11.4. The van der Waals surface area contributed by atoms with Crippen molar-refractivity contribution in [1.82, 2.24) is 19.7 Å². The molecule has 3 heterocycles. The fourth-order valence-corrected chi connectivity index (χ4v) is 5.87. The van der Waals surface area contributed by atoms with Crippen molar-refractivity contribution in [2.45, 2.75) is 51.2 Å². The zero-order valence-corrected chi connectivity index (χ0v) is 25.8. The topological polar surface area (TPSA) is 120 Å². The Bertz CT molecular complexity index is 1500. The van der Waals surface area contributed by atoms with E-state index in [1.165, 1.54) is 11.8 Å². The molecule has 12 heteroatoms. The van der Waals surface area contributed by atoms with Gasteiger partial charge in [0.15, 0.2) is 18.1 Å². The van der Waals surface area contributed by atoms with Crippen LogP contribution in [-0.4, -0.2) is 70.6 Å². The minimum Gasteiger partial charge on any atom is -0.493 e. The van der Waals surface area contributed by atoms with Gasteiger partial charge >= 0.3 is 0 Å². The van der Waals surface area contributed by atoms with Gasteiger partial charge in [0.1, 0.15) is 11.8 Å². The van der Waals surface area contributed by atoms with Crippen molar-refractivity contribution >= 4 is 35.2 Å². The molecule has 1 aromatic heterocycles. The third-order valence-electron chi connectivity index (χ3n) is 7.35. The number of thioether (sulfide) groups is 1. The molecule has 0 spiro atoms. The number of hydrogen-bond acceptors (Lipinski definition) is 9. The van der Waals surface area contributed by atoms with Crippen LogP contribution in [0, 0.1) is 0 Å². The van der Waals surface area contributed by atoms with E-state index in [4.69, 9.17) is 19.3 Å². The Morgan fingerprint density at radius 1 is 1.05 bits per heavy atom. The van der Waals surface area contributed by atoms with Crippen molar-refractivity contribution in [3.63, 3.8) is 0 Å². The number of carbonyl (C=O) groups excluding carboxylic acids is 2. The molecule has 2 N–H and O–H groups in total. The lowest BCUT2D eigenvalue weighted by molar-refractivity contribution is -0.134. The number of ether oxygens (including phenoxy) is 3. The van der Waals surface area contributed by atoms with Crippen LogP contribution in [0.1, 0.15) is 51.6 Å². The second kappa shape index (κ2) is 13.9. The molecular weight excluding hydrogens is 568 g/mol. The number of likely N-dealkylation sites (tertiary alicyclic amines) is 1. The molecular formula is C31H38N6O5S. The molecule has 0 saturated carbocycles. The maximum Gasteiger partial charge on any atom is 0.260 e. The highest BCUT2D eigenvalue weighted by atomic mass is 32.2. The molecule has 0 radical (unpaired) electrons. The Kier molecular flexibility index (Phi) is 9.75. The van der Waals surface area contributed by atoms with E-state index in [2.05, 4.69) is 15.6 Å². The number of aromatic nitrogens is 3. The number of hydrogen-bond donors (Lipinski definition) is 2. The first-order valence-electron chi connectivity index (χ1n) is 14.6. The number of rotatable bonds is 11. The number of para-hydroxylation sites is 2. The van der Waals surface area contributed by atoms with E-state index in [0.29, 0.717) is 51.9 Å². The van der Waals surface area contributed by atoms with Crippen molar-refractivity contribution in [3.05, 3.63) is 59.3 Å². The Hall–Kier alpha value is -4.19. The molecule has 43 heavy (non-hydrogen) atoms. The van der Waals surface area contributed by atoms with Crippen LogP contribution in [0.3, 0.4) is 0 Å². The number of nitrogens with zero attached hydrogens (tertiary/aromatic N) is 4. The normalized spacial score (nSPS) is 16.3. The minimum atomic E-state index is -0.618. The van der Waals surface area contributed by atoms with E-state index in [0.717, 1.165) is 43.7 Å². The number of fused-ring (bicyclic) bond motifs is 1. The molecule has 2 aliphatic rings. The van der Waals surface area contributed by atoms with Gasteiger partial charge in [0, 0.05) is 18.8 Å². The molecule has 1 atom stereocenters. The summed E-state index contributed by atoms with van der Waals surface area (Å²) in [6.45, 7) is 7.71. The van der Waals surface area contributed by atoms with Gasteiger partial charge in [-0.15, -0.1) is 5.10 Å². The fraction of sp³-hybridized carbons (Fsp3) is 0.419. The van der Waals surface area contributed by atoms with E-state index in [-0.39, 0.29) is 18.4 Å². The maximum atomic E-state index is 14.0. The minimum absolute atomic E-state index is 0.0396. The quantitative estimate of drug-likeness (QED) is 0.287. The van der Waals surface area contributed by atoms with Gasteiger partial charge in [-0.25, -0.2) is 4.68 Å². The smallest absolute Gasteiger partial charge is 0.260 e. The van der Waals surface area contributed by atoms with Crippen molar-refractivity contribution in [1.29, 1.82) is 0 Å². The fourth-order valence-electron chi connectivity index (χ4n) is 5.31. The number of carbonyl (C=O) groups is 2. The summed E-state index contributed by atoms with van der Waals surface area (Å²) >= 11 is 1.52. The summed E-state index contributed by atoms with van der Waals surface area (Å²) < 4.78 is 19.1. The van der Waals surface area contributed by atoms with E-state index in [1.54, 1.807) is 23.9 Å². The molecule has 11 nitrogen and oxygen atoms in total. The van der Waals surface area contributed by atoms with Crippen LogP contribution in [0.2, 0.25) is 0 Å². The number of amides is 2. The summed E-state index contributed by atoms with van der Waals surface area (Å²) in [6.07, 6.45) is 3.18. The third-order valence-corrected chi connectivity index (χ3v) is 8.07. The second-order valence-electron chi connectivity index (χ2n) is 10.2. The van der Waals surface area contributed by atoms with E-state index < -0.39 is 6.04 Å². The number of nitrogens with one attached hydrogen (secondary N) is 2. The molecule has 2 aromatic carbocycles. The van der Waals surface area contributed by atoms with Crippen LogP contribution in [0.25, 0.3) is 0 Å². The van der Waals surface area contributed by atoms with Crippen molar-refractivity contribution in [2.24, 2.45) is 0 Å². The Morgan fingerprint density at radius 2 is 1.84 bits per heavy atom. The molecule has 5 rings (SSSR count). The summed E-state index contributed by atoms with van der Waals surface area (Å²) in [6, 6.07) is 12.2. The maximum absolute atomic E-state index is 14.0. The zero-order chi connectivity index (χ0) is 30.3. The van der Waals surface area contributed by atoms with Crippen molar-refractivity contribution in [3.8, 4) is 17.2 Å². The first-order valence-corrected chi connectivity index (χ1v) is 15.6. The lowest BCUT2D eigenvalue weighted by Crippen LogP contribution is -2.38. The van der Waals surface area contributed by atoms with Crippen LogP contribution in [0.4, 0.5) is 11.6 Å². The summed E-state index contributed by atoms with van der Waals surface area (Å²) in [7, 11) is 1.55. The highest BCUT2D eigenvalue weighted by Gasteiger charge is 2.35. The molecule has 228 valence electrons. The van der Waals surface area contributed by atoms with Gasteiger partial charge in [-0.05, 0) is 68.7 Å². The summed E-state index contributed by atoms with van der Waals surface area (Å²) in [5.41, 5.74) is 2.43. The molecule has 1 saturated heterocycles. The van der Waals surface area contributed by atoms with Crippen LogP contribution in [-0.2, 0) is 9.59 Å². The zero-order valence-electron chi connectivity index (χ0n) is 25.0. The first-order chi connectivity index (χ1) is 20.9. The lowest BCUT2D eigenvalue weighted by atomic mass is 9.94. The molecule has 2 aliphatic heterocycles. The molecule has 1 unspecified atom stereocenters. The van der Waals surface area contributed by atoms with Crippen LogP contribution < -0.4 is 24.8 Å². The van der Waals surface area contributed by atoms with Crippen LogP contribution >= 0.6 is 11.8 Å². The number of benzene rings is 2. The molecule has 0 aliphatic carbocycles. The van der Waals surface area contributed by atoms with Crippen molar-refractivity contribution in [2.75, 3.05) is 49.8 Å². The number of allylic oxidation sites excluding steroid dienone is 1. The number of methoxy groups -OCH3 is 1. The largest absolute Gasteiger partial charge is 0.493 e. The Labute approximate surface area is 256 Å². The average Bonchev–Trinajstić information content (AvgIpc) is 3.42. The van der Waals surface area contributed by atoms with Gasteiger partial charge in [-0.2, -0.15) is 4.98 Å². The molecule has 0 bridgehead atoms. The monoisotopic (exact) mass is 606 g/mol. The summed E-state index contributed by atoms with van der Waals surface area (Å²) in [5, 5.41) is 11.7. The highest BCUT2D eigenvalue weighted by Crippen LogP contribution is 2.40. The van der Waals surface area contributed by atoms with E-state index in [9.17, 15) is 9.59 Å². The number of anilines is 2. The van der Waals surface area contributed by atoms with Crippen LogP contribution in [0.15, 0.2) is 58.9 Å². The average molecular weight is 607 g/mol. The lowest BCUT2D eigenvalue weighted by Gasteiger charge is -2.29.